The van der Waals surface area contributed by atoms with Crippen molar-refractivity contribution in [3.05, 3.63) is 53.7 Å². The van der Waals surface area contributed by atoms with Crippen LogP contribution in [-0.2, 0) is 11.3 Å². The molecule has 5 nitrogen and oxygen atoms in total. The van der Waals surface area contributed by atoms with E-state index < -0.39 is 11.4 Å². The number of hydrogen-bond donors (Lipinski definition) is 1. The van der Waals surface area contributed by atoms with Gasteiger partial charge in [-0.15, -0.1) is 0 Å². The number of anilines is 1. The summed E-state index contributed by atoms with van der Waals surface area (Å²) >= 11 is -0.309. The number of rotatable bonds is 5. The first-order valence-corrected chi connectivity index (χ1v) is 9.13. The Morgan fingerprint density at radius 3 is 2.59 bits per heavy atom. The highest BCUT2D eigenvalue weighted by Crippen LogP contribution is 2.38. The van der Waals surface area contributed by atoms with Crippen molar-refractivity contribution in [1.29, 1.82) is 0 Å². The summed E-state index contributed by atoms with van der Waals surface area (Å²) in [5, 5.41) is 2.55. The fourth-order valence-corrected chi connectivity index (χ4v) is 3.33. The number of nitrogens with one attached hydrogen (secondary N) is 1. The van der Waals surface area contributed by atoms with E-state index in [1.54, 1.807) is 12.3 Å². The van der Waals surface area contributed by atoms with Crippen LogP contribution in [0.15, 0.2) is 47.5 Å². The first kappa shape index (κ1) is 19.7. The van der Waals surface area contributed by atoms with Crippen molar-refractivity contribution in [2.24, 2.45) is 0 Å². The van der Waals surface area contributed by atoms with Gasteiger partial charge < -0.3 is 10.1 Å². The van der Waals surface area contributed by atoms with Gasteiger partial charge in [-0.2, -0.15) is 13.2 Å². The van der Waals surface area contributed by atoms with Gasteiger partial charge in [-0.3, -0.25) is 9.69 Å². The number of alkyl halides is 3. The molecule has 2 aromatic rings. The van der Waals surface area contributed by atoms with E-state index in [9.17, 15) is 18.0 Å². The Bertz CT molecular complexity index is 778. The molecule has 0 radical (unpaired) electrons. The second-order valence-electron chi connectivity index (χ2n) is 5.94. The average Bonchev–Trinajstić information content (AvgIpc) is 2.63. The number of nitrogens with zero attached hydrogens (tertiary/aromatic N) is 2. The van der Waals surface area contributed by atoms with Crippen LogP contribution in [0.3, 0.4) is 0 Å². The predicted molar refractivity (Wildman–Crippen MR) is 96.6 cm³/mol. The van der Waals surface area contributed by atoms with E-state index in [1.807, 2.05) is 6.07 Å². The average molecular weight is 397 g/mol. The van der Waals surface area contributed by atoms with Gasteiger partial charge in [-0.05, 0) is 35.5 Å². The molecule has 1 fully saturated rings. The van der Waals surface area contributed by atoms with Crippen LogP contribution in [0, 0.1) is 0 Å². The molecule has 0 atom stereocenters. The Kier molecular flexibility index (Phi) is 6.35. The zero-order chi connectivity index (χ0) is 19.3. The molecule has 0 aliphatic carbocycles. The molecule has 0 unspecified atom stereocenters. The SMILES string of the molecule is O=C(Nc1ccc(CN2CCOCC2)cn1)c1ccccc1SC(F)(F)F. The van der Waals surface area contributed by atoms with Crippen LogP contribution in [0.2, 0.25) is 0 Å². The van der Waals surface area contributed by atoms with Gasteiger partial charge in [0.05, 0.1) is 18.8 Å². The number of carbonyl (C=O) groups is 1. The molecule has 3 rings (SSSR count). The molecular formula is C18H18F3N3O2S. The molecule has 0 bridgehead atoms. The van der Waals surface area contributed by atoms with Crippen molar-refractivity contribution in [2.75, 3.05) is 31.6 Å². The molecular weight excluding hydrogens is 379 g/mol. The summed E-state index contributed by atoms with van der Waals surface area (Å²) in [6.45, 7) is 3.85. The van der Waals surface area contributed by atoms with Gasteiger partial charge in [0.15, 0.2) is 0 Å². The molecule has 1 aromatic heterocycles. The first-order valence-electron chi connectivity index (χ1n) is 8.32. The minimum absolute atomic E-state index is 0.0426. The van der Waals surface area contributed by atoms with Crippen LogP contribution in [0.5, 0.6) is 0 Å². The van der Waals surface area contributed by atoms with E-state index in [0.717, 1.165) is 25.2 Å². The number of benzene rings is 1. The largest absolute Gasteiger partial charge is 0.446 e. The molecule has 1 amide bonds. The van der Waals surface area contributed by atoms with Gasteiger partial charge >= 0.3 is 5.51 Å². The highest BCUT2D eigenvalue weighted by molar-refractivity contribution is 8.00. The van der Waals surface area contributed by atoms with Crippen LogP contribution in [-0.4, -0.2) is 47.6 Å². The lowest BCUT2D eigenvalue weighted by Crippen LogP contribution is -2.35. The Morgan fingerprint density at radius 1 is 1.19 bits per heavy atom. The molecule has 1 N–H and O–H groups in total. The van der Waals surface area contributed by atoms with Crippen molar-refractivity contribution in [3.63, 3.8) is 0 Å². The van der Waals surface area contributed by atoms with Crippen molar-refractivity contribution >= 4 is 23.5 Å². The van der Waals surface area contributed by atoms with Crippen molar-refractivity contribution in [2.45, 2.75) is 16.9 Å². The molecule has 1 saturated heterocycles. The minimum atomic E-state index is -4.46. The van der Waals surface area contributed by atoms with Crippen molar-refractivity contribution in [3.8, 4) is 0 Å². The molecule has 144 valence electrons. The fourth-order valence-electron chi connectivity index (χ4n) is 2.66. The van der Waals surface area contributed by atoms with E-state index in [4.69, 9.17) is 4.74 Å². The summed E-state index contributed by atoms with van der Waals surface area (Å²) in [7, 11) is 0. The van der Waals surface area contributed by atoms with E-state index in [2.05, 4.69) is 15.2 Å². The zero-order valence-corrected chi connectivity index (χ0v) is 15.1. The third-order valence-electron chi connectivity index (χ3n) is 3.93. The quantitative estimate of drug-likeness (QED) is 0.779. The van der Waals surface area contributed by atoms with Gasteiger partial charge in [-0.1, -0.05) is 18.2 Å². The maximum absolute atomic E-state index is 12.7. The van der Waals surface area contributed by atoms with Crippen LogP contribution in [0.25, 0.3) is 0 Å². The van der Waals surface area contributed by atoms with Gasteiger partial charge in [0.2, 0.25) is 0 Å². The highest BCUT2D eigenvalue weighted by Gasteiger charge is 2.31. The molecule has 1 aliphatic rings. The monoisotopic (exact) mass is 397 g/mol. The second kappa shape index (κ2) is 8.73. The van der Waals surface area contributed by atoms with Gasteiger partial charge in [0, 0.05) is 30.7 Å². The Hall–Kier alpha value is -2.10. The molecule has 0 saturated carbocycles. The number of carbonyl (C=O) groups excluding carboxylic acids is 1. The molecule has 1 aromatic carbocycles. The lowest BCUT2D eigenvalue weighted by molar-refractivity contribution is -0.0328. The van der Waals surface area contributed by atoms with Crippen LogP contribution >= 0.6 is 11.8 Å². The molecule has 1 aliphatic heterocycles. The standard InChI is InChI=1S/C18H18F3N3O2S/c19-18(20,21)27-15-4-2-1-3-14(15)17(25)23-16-6-5-13(11-22-16)12-24-7-9-26-10-8-24/h1-6,11H,7-10,12H2,(H,22,23,25). The van der Waals surface area contributed by atoms with Gasteiger partial charge in [0.1, 0.15) is 5.82 Å². The van der Waals surface area contributed by atoms with Crippen LogP contribution in [0.1, 0.15) is 15.9 Å². The maximum Gasteiger partial charge on any atom is 0.446 e. The number of pyridine rings is 1. The van der Waals surface area contributed by atoms with E-state index in [1.165, 1.54) is 24.3 Å². The Morgan fingerprint density at radius 2 is 1.93 bits per heavy atom. The lowest BCUT2D eigenvalue weighted by Gasteiger charge is -2.26. The smallest absolute Gasteiger partial charge is 0.379 e. The summed E-state index contributed by atoms with van der Waals surface area (Å²) in [5.74, 6) is -0.340. The lowest BCUT2D eigenvalue weighted by atomic mass is 10.2. The summed E-state index contributed by atoms with van der Waals surface area (Å²) in [6, 6.07) is 9.10. The van der Waals surface area contributed by atoms with Crippen molar-refractivity contribution in [1.82, 2.24) is 9.88 Å². The van der Waals surface area contributed by atoms with E-state index in [-0.39, 0.29) is 28.0 Å². The van der Waals surface area contributed by atoms with Crippen molar-refractivity contribution < 1.29 is 22.7 Å². The third-order valence-corrected chi connectivity index (χ3v) is 4.74. The highest BCUT2D eigenvalue weighted by atomic mass is 32.2. The molecule has 2 heterocycles. The number of thioether (sulfide) groups is 1. The number of ether oxygens (including phenoxy) is 1. The van der Waals surface area contributed by atoms with E-state index in [0.29, 0.717) is 13.2 Å². The van der Waals surface area contributed by atoms with Gasteiger partial charge in [-0.25, -0.2) is 4.98 Å². The number of hydrogen-bond acceptors (Lipinski definition) is 5. The zero-order valence-electron chi connectivity index (χ0n) is 14.3. The summed E-state index contributed by atoms with van der Waals surface area (Å²) in [6.07, 6.45) is 1.65. The summed E-state index contributed by atoms with van der Waals surface area (Å²) < 4.78 is 43.3. The van der Waals surface area contributed by atoms with E-state index >= 15 is 0 Å². The van der Waals surface area contributed by atoms with Crippen LogP contribution < -0.4 is 5.32 Å². The summed E-state index contributed by atoms with van der Waals surface area (Å²) in [4.78, 5) is 18.7. The Balaban J connectivity index is 1.64. The molecule has 9 heteroatoms. The number of morpholine rings is 1. The minimum Gasteiger partial charge on any atom is -0.379 e. The maximum atomic E-state index is 12.7. The topological polar surface area (TPSA) is 54.5 Å². The predicted octanol–water partition coefficient (Wildman–Crippen LogP) is 3.78. The first-order chi connectivity index (χ1) is 12.9. The number of aromatic nitrogens is 1. The fraction of sp³-hybridized carbons (Fsp3) is 0.333. The second-order valence-corrected chi connectivity index (χ2v) is 7.05. The normalized spacial score (nSPS) is 15.5. The summed E-state index contributed by atoms with van der Waals surface area (Å²) in [5.41, 5.74) is -3.52. The Labute approximate surface area is 158 Å². The van der Waals surface area contributed by atoms with Gasteiger partial charge in [0.25, 0.3) is 5.91 Å². The molecule has 0 spiro atoms. The van der Waals surface area contributed by atoms with Crippen LogP contribution in [0.4, 0.5) is 19.0 Å². The number of amides is 1. The third kappa shape index (κ3) is 5.95. The molecule has 27 heavy (non-hydrogen) atoms. The number of halogens is 3.